The van der Waals surface area contributed by atoms with E-state index in [1.807, 2.05) is 6.92 Å². The molecule has 2 aliphatic rings. The normalized spacial score (nSPS) is 20.7. The number of hydrogen-bond acceptors (Lipinski definition) is 6. The number of aryl methyl sites for hydroxylation is 2. The van der Waals surface area contributed by atoms with Crippen LogP contribution in [0.2, 0.25) is 0 Å². The van der Waals surface area contributed by atoms with E-state index in [0.29, 0.717) is 35.5 Å². The van der Waals surface area contributed by atoms with E-state index in [-0.39, 0.29) is 42.6 Å². The molecule has 3 amide bonds. The number of ether oxygens (including phenoxy) is 2. The number of nitrogens with zero attached hydrogens (tertiary/aromatic N) is 3. The Morgan fingerprint density at radius 2 is 1.95 bits per heavy atom. The third-order valence-electron chi connectivity index (χ3n) is 7.06. The molecule has 11 heteroatoms. The van der Waals surface area contributed by atoms with E-state index in [1.165, 1.54) is 18.2 Å². The monoisotopic (exact) mass is 535 g/mol. The first kappa shape index (κ1) is 26.4. The predicted molar refractivity (Wildman–Crippen MR) is 141 cm³/mol. The van der Waals surface area contributed by atoms with E-state index in [0.717, 1.165) is 11.8 Å². The lowest BCUT2D eigenvalue weighted by Gasteiger charge is -2.42. The first-order valence-electron chi connectivity index (χ1n) is 12.7. The highest BCUT2D eigenvalue weighted by Crippen LogP contribution is 2.33. The van der Waals surface area contributed by atoms with Crippen molar-refractivity contribution in [3.8, 4) is 5.75 Å². The molecule has 2 aliphatic heterocycles. The number of fused-ring (bicyclic) bond motifs is 2. The molecule has 2 aromatic carbocycles. The Balaban J connectivity index is 1.25. The van der Waals surface area contributed by atoms with Gasteiger partial charge in [0.25, 0.3) is 11.8 Å². The second-order valence-electron chi connectivity index (χ2n) is 9.90. The number of likely N-dealkylation sites (N-methyl/N-ethyl adjacent to an activating group) is 1. The van der Waals surface area contributed by atoms with E-state index >= 15 is 0 Å². The van der Waals surface area contributed by atoms with Crippen LogP contribution in [0, 0.1) is 12.7 Å². The lowest BCUT2D eigenvalue weighted by molar-refractivity contribution is -0.130. The molecule has 0 unspecified atom stereocenters. The van der Waals surface area contributed by atoms with Gasteiger partial charge in [0.15, 0.2) is 0 Å². The van der Waals surface area contributed by atoms with Crippen molar-refractivity contribution in [1.82, 2.24) is 14.7 Å². The van der Waals surface area contributed by atoms with Crippen LogP contribution in [-0.2, 0) is 16.6 Å². The fourth-order valence-electron chi connectivity index (χ4n) is 5.07. The minimum absolute atomic E-state index is 0.163. The number of carbonyl (C=O) groups excluding carboxylic acids is 3. The van der Waals surface area contributed by atoms with Crippen LogP contribution < -0.4 is 15.4 Å². The minimum Gasteiger partial charge on any atom is -0.490 e. The summed E-state index contributed by atoms with van der Waals surface area (Å²) in [5.74, 6) is -1.07. The summed E-state index contributed by atoms with van der Waals surface area (Å²) in [7, 11) is 3.51. The highest BCUT2D eigenvalue weighted by atomic mass is 19.1. The Bertz CT molecular complexity index is 1420. The van der Waals surface area contributed by atoms with Crippen molar-refractivity contribution in [3.05, 3.63) is 71.3 Å². The molecular formula is C28H30FN5O5. The number of anilines is 2. The van der Waals surface area contributed by atoms with Crippen LogP contribution in [0.1, 0.15) is 45.7 Å². The fourth-order valence-corrected chi connectivity index (χ4v) is 5.07. The number of rotatable bonds is 5. The van der Waals surface area contributed by atoms with Gasteiger partial charge in [-0.3, -0.25) is 19.1 Å². The third-order valence-corrected chi connectivity index (χ3v) is 7.06. The van der Waals surface area contributed by atoms with Crippen molar-refractivity contribution in [2.45, 2.75) is 44.4 Å². The SMILES string of the molecule is Cc1nn(C)cc1NC(=O)C[C@H]1CC[C@@H]2[C@@H](COc3ccc(NC(=O)c4cccc(F)c4)cc3C(=O)N2C)O1. The fraction of sp³-hybridized carbons (Fsp3) is 0.357. The van der Waals surface area contributed by atoms with Gasteiger partial charge in [0.2, 0.25) is 5.91 Å². The summed E-state index contributed by atoms with van der Waals surface area (Å²) in [4.78, 5) is 40.3. The van der Waals surface area contributed by atoms with Crippen molar-refractivity contribution >= 4 is 29.1 Å². The van der Waals surface area contributed by atoms with Crippen LogP contribution in [0.4, 0.5) is 15.8 Å². The molecule has 39 heavy (non-hydrogen) atoms. The summed E-state index contributed by atoms with van der Waals surface area (Å²) in [6.45, 7) is 2.03. The summed E-state index contributed by atoms with van der Waals surface area (Å²) < 4.78 is 27.4. The van der Waals surface area contributed by atoms with Gasteiger partial charge in [0, 0.05) is 31.5 Å². The molecule has 0 spiro atoms. The average molecular weight is 536 g/mol. The molecule has 0 saturated carbocycles. The van der Waals surface area contributed by atoms with Crippen molar-refractivity contribution in [1.29, 1.82) is 0 Å². The quantitative estimate of drug-likeness (QED) is 0.517. The molecule has 0 aliphatic carbocycles. The van der Waals surface area contributed by atoms with Crippen molar-refractivity contribution in [2.75, 3.05) is 24.3 Å². The molecule has 2 N–H and O–H groups in total. The maximum Gasteiger partial charge on any atom is 0.257 e. The first-order chi connectivity index (χ1) is 18.7. The van der Waals surface area contributed by atoms with Crippen LogP contribution in [-0.4, -0.2) is 64.3 Å². The number of amides is 3. The van der Waals surface area contributed by atoms with Crippen LogP contribution in [0.25, 0.3) is 0 Å². The van der Waals surface area contributed by atoms with Gasteiger partial charge >= 0.3 is 0 Å². The smallest absolute Gasteiger partial charge is 0.257 e. The molecule has 0 bridgehead atoms. The number of carbonyl (C=O) groups is 3. The molecule has 10 nitrogen and oxygen atoms in total. The lowest BCUT2D eigenvalue weighted by Crippen LogP contribution is -2.53. The predicted octanol–water partition coefficient (Wildman–Crippen LogP) is 3.53. The lowest BCUT2D eigenvalue weighted by atomic mass is 9.94. The molecule has 1 fully saturated rings. The van der Waals surface area contributed by atoms with E-state index in [2.05, 4.69) is 15.7 Å². The second kappa shape index (κ2) is 10.9. The first-order valence-corrected chi connectivity index (χ1v) is 12.7. The van der Waals surface area contributed by atoms with Gasteiger partial charge in [0.1, 0.15) is 24.3 Å². The highest BCUT2D eigenvalue weighted by Gasteiger charge is 2.39. The van der Waals surface area contributed by atoms with E-state index in [4.69, 9.17) is 9.47 Å². The second-order valence-corrected chi connectivity index (χ2v) is 9.90. The zero-order valence-corrected chi connectivity index (χ0v) is 21.9. The molecule has 3 aromatic rings. The number of aromatic nitrogens is 2. The van der Waals surface area contributed by atoms with Gasteiger partial charge < -0.3 is 25.0 Å². The van der Waals surface area contributed by atoms with Gasteiger partial charge in [0.05, 0.1) is 35.5 Å². The van der Waals surface area contributed by atoms with Crippen LogP contribution in [0.5, 0.6) is 5.75 Å². The Hall–Kier alpha value is -4.25. The summed E-state index contributed by atoms with van der Waals surface area (Å²) in [5, 5.41) is 9.83. The van der Waals surface area contributed by atoms with Gasteiger partial charge in [-0.15, -0.1) is 0 Å². The molecule has 204 valence electrons. The van der Waals surface area contributed by atoms with Gasteiger partial charge in [-0.1, -0.05) is 6.07 Å². The summed E-state index contributed by atoms with van der Waals surface area (Å²) in [6.07, 6.45) is 2.46. The summed E-state index contributed by atoms with van der Waals surface area (Å²) in [6, 6.07) is 9.93. The van der Waals surface area contributed by atoms with Crippen LogP contribution in [0.3, 0.4) is 0 Å². The third kappa shape index (κ3) is 5.78. The number of benzene rings is 2. The Morgan fingerprint density at radius 3 is 2.69 bits per heavy atom. The standard InChI is InChI=1S/C28H30FN5O5/c1-16-22(14-33(2)32-16)31-26(35)13-20-8-9-23-25(39-20)15-38-24-10-7-19(12-21(24)28(37)34(23)3)30-27(36)17-5-4-6-18(29)11-17/h4-7,10-12,14,20,23,25H,8-9,13,15H2,1-3H3,(H,30,36)(H,31,35)/t20-,23-,25-/m1/s1. The Kier molecular flexibility index (Phi) is 7.34. The van der Waals surface area contributed by atoms with E-state index in [1.54, 1.807) is 48.1 Å². The van der Waals surface area contributed by atoms with Crippen LogP contribution in [0.15, 0.2) is 48.7 Å². The zero-order chi connectivity index (χ0) is 27.7. The van der Waals surface area contributed by atoms with Crippen molar-refractivity contribution < 1.29 is 28.2 Å². The van der Waals surface area contributed by atoms with Crippen molar-refractivity contribution in [2.24, 2.45) is 7.05 Å². The van der Waals surface area contributed by atoms with Crippen LogP contribution >= 0.6 is 0 Å². The average Bonchev–Trinajstić information content (AvgIpc) is 3.22. The molecule has 3 atom stereocenters. The number of halogens is 1. The van der Waals surface area contributed by atoms with Gasteiger partial charge in [-0.25, -0.2) is 4.39 Å². The Labute approximate surface area is 225 Å². The van der Waals surface area contributed by atoms with Gasteiger partial charge in [-0.2, -0.15) is 5.10 Å². The number of nitrogens with one attached hydrogen (secondary N) is 2. The molecule has 0 radical (unpaired) electrons. The number of hydrogen-bond donors (Lipinski definition) is 2. The zero-order valence-electron chi connectivity index (χ0n) is 21.9. The maximum atomic E-state index is 13.5. The molecule has 3 heterocycles. The van der Waals surface area contributed by atoms with E-state index < -0.39 is 17.8 Å². The minimum atomic E-state index is -0.512. The maximum absolute atomic E-state index is 13.5. The summed E-state index contributed by atoms with van der Waals surface area (Å²) >= 11 is 0. The van der Waals surface area contributed by atoms with Crippen molar-refractivity contribution in [3.63, 3.8) is 0 Å². The summed E-state index contributed by atoms with van der Waals surface area (Å²) in [5.41, 5.74) is 2.27. The molecular weight excluding hydrogens is 505 g/mol. The largest absolute Gasteiger partial charge is 0.490 e. The topological polar surface area (TPSA) is 115 Å². The van der Waals surface area contributed by atoms with E-state index in [9.17, 15) is 18.8 Å². The molecule has 1 saturated heterocycles. The molecule has 1 aromatic heterocycles. The van der Waals surface area contributed by atoms with Gasteiger partial charge in [-0.05, 0) is 56.2 Å². The highest BCUT2D eigenvalue weighted by molar-refractivity contribution is 6.05. The molecule has 5 rings (SSSR count). The Morgan fingerprint density at radius 1 is 1.13 bits per heavy atom.